The third-order valence-corrected chi connectivity index (χ3v) is 3.32. The number of nitrogens with one attached hydrogen (secondary N) is 2. The van der Waals surface area contributed by atoms with Crippen LogP contribution >= 0.6 is 0 Å². The van der Waals surface area contributed by atoms with Crippen molar-refractivity contribution in [2.45, 2.75) is 26.3 Å². The number of ether oxygens (including phenoxy) is 1. The lowest BCUT2D eigenvalue weighted by Gasteiger charge is -2.17. The molecule has 1 aliphatic heterocycles. The molecule has 114 valence electrons. The second-order valence-corrected chi connectivity index (χ2v) is 4.96. The van der Waals surface area contributed by atoms with Crippen LogP contribution < -0.4 is 20.3 Å². The highest BCUT2D eigenvalue weighted by molar-refractivity contribution is 5.95. The van der Waals surface area contributed by atoms with Gasteiger partial charge < -0.3 is 20.3 Å². The number of carbonyl (C=O) groups is 2. The van der Waals surface area contributed by atoms with Gasteiger partial charge in [-0.3, -0.25) is 4.79 Å². The van der Waals surface area contributed by atoms with Crippen LogP contribution in [0, 0.1) is 0 Å². The summed E-state index contributed by atoms with van der Waals surface area (Å²) in [5.74, 6) is 0.724. The van der Waals surface area contributed by atoms with Gasteiger partial charge in [0.05, 0.1) is 18.7 Å². The van der Waals surface area contributed by atoms with Crippen molar-refractivity contribution < 1.29 is 14.3 Å². The van der Waals surface area contributed by atoms with E-state index < -0.39 is 0 Å². The van der Waals surface area contributed by atoms with Crippen LogP contribution in [0.4, 0.5) is 10.5 Å². The smallest absolute Gasteiger partial charge is 0.315 e. The summed E-state index contributed by atoms with van der Waals surface area (Å²) in [5.41, 5.74) is 1.66. The third kappa shape index (κ3) is 3.87. The molecule has 6 nitrogen and oxygen atoms in total. The van der Waals surface area contributed by atoms with Gasteiger partial charge >= 0.3 is 6.03 Å². The van der Waals surface area contributed by atoms with E-state index in [0.717, 1.165) is 17.7 Å². The van der Waals surface area contributed by atoms with E-state index >= 15 is 0 Å². The van der Waals surface area contributed by atoms with Crippen molar-refractivity contribution in [3.05, 3.63) is 23.8 Å². The summed E-state index contributed by atoms with van der Waals surface area (Å²) in [5, 5.41) is 5.54. The minimum Gasteiger partial charge on any atom is -0.491 e. The van der Waals surface area contributed by atoms with Gasteiger partial charge in [-0.15, -0.1) is 0 Å². The number of anilines is 1. The van der Waals surface area contributed by atoms with Crippen molar-refractivity contribution in [3.63, 3.8) is 0 Å². The molecule has 0 radical (unpaired) electrons. The largest absolute Gasteiger partial charge is 0.491 e. The molecule has 1 heterocycles. The average molecular weight is 291 g/mol. The fraction of sp³-hybridized carbons (Fsp3) is 0.467. The summed E-state index contributed by atoms with van der Waals surface area (Å²) in [6.45, 7) is 3.46. The Hall–Kier alpha value is -2.24. The number of carbonyl (C=O) groups excluding carboxylic acids is 2. The first kappa shape index (κ1) is 15.2. The van der Waals surface area contributed by atoms with Crippen LogP contribution in [0.5, 0.6) is 5.75 Å². The van der Waals surface area contributed by atoms with Gasteiger partial charge in [0, 0.05) is 20.1 Å². The van der Waals surface area contributed by atoms with Crippen molar-refractivity contribution in [2.75, 3.05) is 25.1 Å². The summed E-state index contributed by atoms with van der Waals surface area (Å²) in [4.78, 5) is 25.0. The van der Waals surface area contributed by atoms with Crippen LogP contribution in [0.25, 0.3) is 0 Å². The van der Waals surface area contributed by atoms with Gasteiger partial charge in [-0.05, 0) is 24.1 Å². The molecule has 0 unspecified atom stereocenters. The van der Waals surface area contributed by atoms with Gasteiger partial charge in [0.25, 0.3) is 0 Å². The predicted molar refractivity (Wildman–Crippen MR) is 80.5 cm³/mol. The monoisotopic (exact) mass is 291 g/mol. The van der Waals surface area contributed by atoms with Crippen LogP contribution in [-0.4, -0.2) is 32.1 Å². The van der Waals surface area contributed by atoms with Gasteiger partial charge in [0.1, 0.15) is 5.75 Å². The number of rotatable bonds is 4. The van der Waals surface area contributed by atoms with Crippen LogP contribution in [0.3, 0.4) is 0 Å². The first-order valence-corrected chi connectivity index (χ1v) is 7.15. The lowest BCUT2D eigenvalue weighted by atomic mass is 10.1. The SMILES string of the molecule is CCCNC(=O)NCc1ccc2c(c1)N(C)C(=O)CCO2. The van der Waals surface area contributed by atoms with Crippen LogP contribution in [0.15, 0.2) is 18.2 Å². The molecule has 1 aromatic carbocycles. The molecular formula is C15H21N3O3. The highest BCUT2D eigenvalue weighted by Gasteiger charge is 2.20. The van der Waals surface area contributed by atoms with Crippen molar-refractivity contribution in [1.82, 2.24) is 10.6 Å². The molecule has 6 heteroatoms. The van der Waals surface area contributed by atoms with E-state index in [2.05, 4.69) is 10.6 Å². The van der Waals surface area contributed by atoms with Crippen molar-refractivity contribution >= 4 is 17.6 Å². The van der Waals surface area contributed by atoms with E-state index in [1.807, 2.05) is 25.1 Å². The first-order chi connectivity index (χ1) is 10.1. The van der Waals surface area contributed by atoms with E-state index in [0.29, 0.717) is 31.9 Å². The molecule has 21 heavy (non-hydrogen) atoms. The number of benzene rings is 1. The second-order valence-electron chi connectivity index (χ2n) is 4.96. The Kier molecular flexibility index (Phi) is 5.03. The molecule has 0 saturated heterocycles. The zero-order chi connectivity index (χ0) is 15.2. The molecular weight excluding hydrogens is 270 g/mol. The number of fused-ring (bicyclic) bond motifs is 1. The van der Waals surface area contributed by atoms with Gasteiger partial charge in [0.2, 0.25) is 5.91 Å². The Bertz CT molecular complexity index is 531. The molecule has 0 aliphatic carbocycles. The molecule has 1 aromatic rings. The van der Waals surface area contributed by atoms with E-state index in [-0.39, 0.29) is 11.9 Å². The minimum atomic E-state index is -0.188. The number of hydrogen-bond acceptors (Lipinski definition) is 3. The Morgan fingerprint density at radius 1 is 1.38 bits per heavy atom. The highest BCUT2D eigenvalue weighted by atomic mass is 16.5. The lowest BCUT2D eigenvalue weighted by Crippen LogP contribution is -2.35. The lowest BCUT2D eigenvalue weighted by molar-refractivity contribution is -0.118. The second kappa shape index (κ2) is 6.97. The molecule has 0 atom stereocenters. The van der Waals surface area contributed by atoms with E-state index in [1.165, 1.54) is 0 Å². The standard InChI is InChI=1S/C15H21N3O3/c1-3-7-16-15(20)17-10-11-4-5-13-12(9-11)18(2)14(19)6-8-21-13/h4-5,9H,3,6-8,10H2,1-2H3,(H2,16,17,20). The minimum absolute atomic E-state index is 0.0274. The van der Waals surface area contributed by atoms with Crippen LogP contribution in [-0.2, 0) is 11.3 Å². The van der Waals surface area contributed by atoms with E-state index in [1.54, 1.807) is 11.9 Å². The zero-order valence-corrected chi connectivity index (χ0v) is 12.4. The third-order valence-electron chi connectivity index (χ3n) is 3.32. The maximum Gasteiger partial charge on any atom is 0.315 e. The van der Waals surface area contributed by atoms with Gasteiger partial charge in [0.15, 0.2) is 0 Å². The molecule has 0 aromatic heterocycles. The molecule has 1 aliphatic rings. The predicted octanol–water partition coefficient (Wildman–Crippen LogP) is 1.64. The molecule has 3 amide bonds. The van der Waals surface area contributed by atoms with E-state index in [4.69, 9.17) is 4.74 Å². The Morgan fingerprint density at radius 2 is 2.19 bits per heavy atom. The average Bonchev–Trinajstić information content (AvgIpc) is 2.63. The summed E-state index contributed by atoms with van der Waals surface area (Å²) < 4.78 is 5.56. The zero-order valence-electron chi connectivity index (χ0n) is 12.4. The van der Waals surface area contributed by atoms with Gasteiger partial charge in [-0.1, -0.05) is 13.0 Å². The molecule has 2 N–H and O–H groups in total. The quantitative estimate of drug-likeness (QED) is 0.886. The Balaban J connectivity index is 2.04. The maximum absolute atomic E-state index is 11.8. The van der Waals surface area contributed by atoms with E-state index in [9.17, 15) is 9.59 Å². The summed E-state index contributed by atoms with van der Waals surface area (Å²) in [6.07, 6.45) is 1.27. The number of urea groups is 1. The van der Waals surface area contributed by atoms with Gasteiger partial charge in [-0.25, -0.2) is 4.79 Å². The number of nitrogens with zero attached hydrogens (tertiary/aromatic N) is 1. The fourth-order valence-electron chi connectivity index (χ4n) is 2.09. The summed E-state index contributed by atoms with van der Waals surface area (Å²) in [6, 6.07) is 5.42. The van der Waals surface area contributed by atoms with Crippen LogP contribution in [0.1, 0.15) is 25.3 Å². The molecule has 0 saturated carbocycles. The maximum atomic E-state index is 11.8. The van der Waals surface area contributed by atoms with Crippen molar-refractivity contribution in [2.24, 2.45) is 0 Å². The first-order valence-electron chi connectivity index (χ1n) is 7.15. The molecule has 2 rings (SSSR count). The topological polar surface area (TPSA) is 70.7 Å². The number of hydrogen-bond donors (Lipinski definition) is 2. The van der Waals surface area contributed by atoms with Crippen molar-refractivity contribution in [1.29, 1.82) is 0 Å². The van der Waals surface area contributed by atoms with Crippen molar-refractivity contribution in [3.8, 4) is 5.75 Å². The molecule has 0 fully saturated rings. The normalized spacial score (nSPS) is 14.0. The Morgan fingerprint density at radius 3 is 2.95 bits per heavy atom. The van der Waals surface area contributed by atoms with Crippen LogP contribution in [0.2, 0.25) is 0 Å². The molecule has 0 bridgehead atoms. The fourth-order valence-corrected chi connectivity index (χ4v) is 2.09. The summed E-state index contributed by atoms with van der Waals surface area (Å²) >= 11 is 0. The Labute approximate surface area is 124 Å². The molecule has 0 spiro atoms. The highest BCUT2D eigenvalue weighted by Crippen LogP contribution is 2.31. The number of amides is 3. The van der Waals surface area contributed by atoms with Gasteiger partial charge in [-0.2, -0.15) is 0 Å². The summed E-state index contributed by atoms with van der Waals surface area (Å²) in [7, 11) is 1.74.